The van der Waals surface area contributed by atoms with Crippen molar-refractivity contribution in [2.24, 2.45) is 0 Å². The number of hydrogen-bond acceptors (Lipinski definition) is 3. The maximum absolute atomic E-state index is 11.1. The van der Waals surface area contributed by atoms with Gasteiger partial charge in [-0.05, 0) is 26.0 Å². The number of carbonyl (C=O) groups is 1. The van der Waals surface area contributed by atoms with Crippen LogP contribution in [-0.2, 0) is 4.74 Å². The van der Waals surface area contributed by atoms with E-state index in [1.807, 2.05) is 13.0 Å². The summed E-state index contributed by atoms with van der Waals surface area (Å²) >= 11 is 0. The third kappa shape index (κ3) is 2.05. The van der Waals surface area contributed by atoms with Crippen LogP contribution in [0.2, 0.25) is 0 Å². The Bertz CT molecular complexity index is 284. The van der Waals surface area contributed by atoms with Crippen LogP contribution < -0.4 is 0 Å². The summed E-state index contributed by atoms with van der Waals surface area (Å²) in [7, 11) is 0. The predicted molar refractivity (Wildman–Crippen MR) is 44.9 cm³/mol. The standard InChI is InChI=1S/C9H11NO2/c1-3-12-9(11)8-6-4-5-7(2)10-8/h4-6H,3H2,1-2H3. The molecule has 3 nitrogen and oxygen atoms in total. The molecule has 0 aromatic carbocycles. The Hall–Kier alpha value is -1.38. The summed E-state index contributed by atoms with van der Waals surface area (Å²) in [4.78, 5) is 15.1. The molecule has 0 aliphatic heterocycles. The number of aryl methyl sites for hydroxylation is 1. The van der Waals surface area contributed by atoms with E-state index in [-0.39, 0.29) is 5.97 Å². The first kappa shape index (κ1) is 8.71. The Kier molecular flexibility index (Phi) is 2.80. The van der Waals surface area contributed by atoms with Gasteiger partial charge < -0.3 is 4.74 Å². The first-order chi connectivity index (χ1) is 5.74. The zero-order chi connectivity index (χ0) is 8.97. The minimum absolute atomic E-state index is 0.360. The smallest absolute Gasteiger partial charge is 0.356 e. The number of carbonyl (C=O) groups excluding carboxylic acids is 1. The molecular weight excluding hydrogens is 154 g/mol. The Labute approximate surface area is 71.4 Å². The summed E-state index contributed by atoms with van der Waals surface area (Å²) in [6.07, 6.45) is 0. The molecule has 0 aliphatic carbocycles. The second-order valence-corrected chi connectivity index (χ2v) is 2.38. The van der Waals surface area contributed by atoms with Gasteiger partial charge in [-0.1, -0.05) is 6.07 Å². The van der Waals surface area contributed by atoms with E-state index < -0.39 is 0 Å². The molecule has 3 heteroatoms. The molecule has 64 valence electrons. The normalized spacial score (nSPS) is 9.50. The maximum Gasteiger partial charge on any atom is 0.356 e. The lowest BCUT2D eigenvalue weighted by Gasteiger charge is -2.00. The highest BCUT2D eigenvalue weighted by atomic mass is 16.5. The van der Waals surface area contributed by atoms with E-state index in [9.17, 15) is 4.79 Å². The molecule has 1 aromatic rings. The number of ether oxygens (including phenoxy) is 1. The number of rotatable bonds is 2. The second-order valence-electron chi connectivity index (χ2n) is 2.38. The third-order valence-corrected chi connectivity index (χ3v) is 1.37. The van der Waals surface area contributed by atoms with E-state index in [4.69, 9.17) is 4.74 Å². The fourth-order valence-corrected chi connectivity index (χ4v) is 0.862. The quantitative estimate of drug-likeness (QED) is 0.624. The SMILES string of the molecule is CCOC(=O)c1cccc(C)n1. The minimum Gasteiger partial charge on any atom is -0.461 e. The lowest BCUT2D eigenvalue weighted by molar-refractivity contribution is 0.0519. The molecule has 1 heterocycles. The van der Waals surface area contributed by atoms with Crippen molar-refractivity contribution in [1.82, 2.24) is 4.98 Å². The second kappa shape index (κ2) is 3.85. The van der Waals surface area contributed by atoms with Crippen molar-refractivity contribution in [1.29, 1.82) is 0 Å². The van der Waals surface area contributed by atoms with Gasteiger partial charge in [0, 0.05) is 5.69 Å². The van der Waals surface area contributed by atoms with Crippen LogP contribution in [0.1, 0.15) is 23.1 Å². The molecule has 0 fully saturated rings. The van der Waals surface area contributed by atoms with Crippen molar-refractivity contribution in [2.45, 2.75) is 13.8 Å². The van der Waals surface area contributed by atoms with Gasteiger partial charge in [-0.2, -0.15) is 0 Å². The first-order valence-electron chi connectivity index (χ1n) is 3.85. The molecule has 0 saturated heterocycles. The van der Waals surface area contributed by atoms with E-state index in [0.717, 1.165) is 5.69 Å². The number of esters is 1. The highest BCUT2D eigenvalue weighted by Crippen LogP contribution is 1.99. The Balaban J connectivity index is 2.81. The van der Waals surface area contributed by atoms with Crippen molar-refractivity contribution in [3.05, 3.63) is 29.6 Å². The summed E-state index contributed by atoms with van der Waals surface area (Å²) in [5.41, 5.74) is 1.19. The molecule has 0 N–H and O–H groups in total. The van der Waals surface area contributed by atoms with Gasteiger partial charge in [0.05, 0.1) is 6.61 Å². The van der Waals surface area contributed by atoms with Crippen molar-refractivity contribution in [3.63, 3.8) is 0 Å². The molecule has 0 atom stereocenters. The van der Waals surface area contributed by atoms with Gasteiger partial charge in [0.15, 0.2) is 0 Å². The van der Waals surface area contributed by atoms with E-state index in [0.29, 0.717) is 12.3 Å². The van der Waals surface area contributed by atoms with Crippen molar-refractivity contribution < 1.29 is 9.53 Å². The predicted octanol–water partition coefficient (Wildman–Crippen LogP) is 1.57. The summed E-state index contributed by atoms with van der Waals surface area (Å²) < 4.78 is 4.78. The van der Waals surface area contributed by atoms with Gasteiger partial charge in [-0.3, -0.25) is 0 Å². The summed E-state index contributed by atoms with van der Waals surface area (Å²) in [6, 6.07) is 5.27. The molecule has 0 saturated carbocycles. The largest absolute Gasteiger partial charge is 0.461 e. The van der Waals surface area contributed by atoms with Gasteiger partial charge in [-0.15, -0.1) is 0 Å². The molecule has 0 bridgehead atoms. The minimum atomic E-state index is -0.360. The highest BCUT2D eigenvalue weighted by Gasteiger charge is 2.06. The van der Waals surface area contributed by atoms with E-state index in [1.165, 1.54) is 0 Å². The fourth-order valence-electron chi connectivity index (χ4n) is 0.862. The summed E-state index contributed by atoms with van der Waals surface area (Å²) in [6.45, 7) is 3.99. The van der Waals surface area contributed by atoms with Crippen molar-refractivity contribution in [3.8, 4) is 0 Å². The van der Waals surface area contributed by atoms with Crippen LogP contribution in [0.15, 0.2) is 18.2 Å². The summed E-state index contributed by atoms with van der Waals surface area (Å²) in [5, 5.41) is 0. The van der Waals surface area contributed by atoms with Gasteiger partial charge >= 0.3 is 5.97 Å². The molecule has 1 aromatic heterocycles. The van der Waals surface area contributed by atoms with Gasteiger partial charge in [-0.25, -0.2) is 9.78 Å². The highest BCUT2D eigenvalue weighted by molar-refractivity contribution is 5.87. The average molecular weight is 165 g/mol. The van der Waals surface area contributed by atoms with Gasteiger partial charge in [0.2, 0.25) is 0 Å². The fraction of sp³-hybridized carbons (Fsp3) is 0.333. The van der Waals surface area contributed by atoms with Crippen LogP contribution in [0.3, 0.4) is 0 Å². The molecule has 0 spiro atoms. The number of pyridine rings is 1. The number of aromatic nitrogens is 1. The Morgan fingerprint density at radius 1 is 1.58 bits per heavy atom. The first-order valence-corrected chi connectivity index (χ1v) is 3.85. The molecular formula is C9H11NO2. The average Bonchev–Trinajstić information content (AvgIpc) is 2.05. The Morgan fingerprint density at radius 2 is 2.33 bits per heavy atom. The van der Waals surface area contributed by atoms with E-state index in [1.54, 1.807) is 19.1 Å². The zero-order valence-electron chi connectivity index (χ0n) is 7.20. The van der Waals surface area contributed by atoms with Crippen LogP contribution in [0.5, 0.6) is 0 Å². The van der Waals surface area contributed by atoms with Crippen molar-refractivity contribution in [2.75, 3.05) is 6.61 Å². The third-order valence-electron chi connectivity index (χ3n) is 1.37. The van der Waals surface area contributed by atoms with Crippen LogP contribution in [0.25, 0.3) is 0 Å². The van der Waals surface area contributed by atoms with Crippen LogP contribution in [0, 0.1) is 6.92 Å². The monoisotopic (exact) mass is 165 g/mol. The number of nitrogens with zero attached hydrogens (tertiary/aromatic N) is 1. The maximum atomic E-state index is 11.1. The molecule has 0 amide bonds. The van der Waals surface area contributed by atoms with Gasteiger partial charge in [0.25, 0.3) is 0 Å². The van der Waals surface area contributed by atoms with Gasteiger partial charge in [0.1, 0.15) is 5.69 Å². The number of hydrogen-bond donors (Lipinski definition) is 0. The van der Waals surface area contributed by atoms with Crippen LogP contribution in [-0.4, -0.2) is 17.6 Å². The molecule has 0 radical (unpaired) electrons. The van der Waals surface area contributed by atoms with Crippen molar-refractivity contribution >= 4 is 5.97 Å². The molecule has 0 unspecified atom stereocenters. The zero-order valence-corrected chi connectivity index (χ0v) is 7.20. The van der Waals surface area contributed by atoms with E-state index in [2.05, 4.69) is 4.98 Å². The Morgan fingerprint density at radius 3 is 2.92 bits per heavy atom. The molecule has 1 rings (SSSR count). The summed E-state index contributed by atoms with van der Waals surface area (Å²) in [5.74, 6) is -0.360. The molecule has 0 aliphatic rings. The van der Waals surface area contributed by atoms with E-state index >= 15 is 0 Å². The topological polar surface area (TPSA) is 39.2 Å². The lowest BCUT2D eigenvalue weighted by Crippen LogP contribution is -2.07. The van der Waals surface area contributed by atoms with Crippen LogP contribution >= 0.6 is 0 Å². The van der Waals surface area contributed by atoms with Crippen LogP contribution in [0.4, 0.5) is 0 Å². The lowest BCUT2D eigenvalue weighted by atomic mass is 10.3. The molecule has 12 heavy (non-hydrogen) atoms.